The van der Waals surface area contributed by atoms with Crippen LogP contribution in [0.3, 0.4) is 0 Å². The lowest BCUT2D eigenvalue weighted by Gasteiger charge is -2.14. The molecule has 0 saturated heterocycles. The quantitative estimate of drug-likeness (QED) is 0.928. The number of fused-ring (bicyclic) bond motifs is 1. The van der Waals surface area contributed by atoms with Crippen LogP contribution < -0.4 is 10.1 Å². The first kappa shape index (κ1) is 13.5. The Morgan fingerprint density at radius 1 is 1.15 bits per heavy atom. The predicted molar refractivity (Wildman–Crippen MR) is 82.5 cm³/mol. The van der Waals surface area contributed by atoms with Crippen molar-refractivity contribution in [2.75, 3.05) is 7.11 Å². The molecule has 0 fully saturated rings. The first-order valence-corrected chi connectivity index (χ1v) is 7.26. The number of nitrogens with one attached hydrogen (secondary N) is 1. The highest BCUT2D eigenvalue weighted by Gasteiger charge is 2.21. The highest BCUT2D eigenvalue weighted by Crippen LogP contribution is 2.26. The van der Waals surface area contributed by atoms with E-state index >= 15 is 0 Å². The first-order chi connectivity index (χ1) is 9.76. The molecule has 1 N–H and O–H groups in total. The number of methoxy groups -OCH3 is 1. The molecule has 0 aromatic heterocycles. The molecule has 2 nitrogen and oxygen atoms in total. The third-order valence-electron chi connectivity index (χ3n) is 3.87. The third kappa shape index (κ3) is 2.82. The van der Waals surface area contributed by atoms with Crippen LogP contribution in [-0.4, -0.2) is 13.2 Å². The van der Waals surface area contributed by atoms with Gasteiger partial charge in [0.15, 0.2) is 0 Å². The van der Waals surface area contributed by atoms with Gasteiger partial charge < -0.3 is 10.1 Å². The van der Waals surface area contributed by atoms with Crippen LogP contribution in [0.4, 0.5) is 0 Å². The summed E-state index contributed by atoms with van der Waals surface area (Å²) in [5, 5.41) is 4.44. The minimum Gasteiger partial charge on any atom is -0.496 e. The van der Waals surface area contributed by atoms with Gasteiger partial charge in [0.05, 0.1) is 7.11 Å². The average Bonchev–Trinajstić information content (AvgIpc) is 2.87. The number of rotatable bonds is 4. The Balaban J connectivity index is 1.64. The molecule has 0 aliphatic heterocycles. The van der Waals surface area contributed by atoms with Gasteiger partial charge in [0.1, 0.15) is 5.75 Å². The van der Waals surface area contributed by atoms with Crippen LogP contribution in [-0.2, 0) is 19.4 Å². The molecule has 0 bridgehead atoms. The van der Waals surface area contributed by atoms with Crippen molar-refractivity contribution in [3.63, 3.8) is 0 Å². The van der Waals surface area contributed by atoms with E-state index in [4.69, 9.17) is 16.3 Å². The Kier molecular flexibility index (Phi) is 3.95. The van der Waals surface area contributed by atoms with Crippen molar-refractivity contribution in [2.24, 2.45) is 0 Å². The molecule has 20 heavy (non-hydrogen) atoms. The van der Waals surface area contributed by atoms with Crippen molar-refractivity contribution in [2.45, 2.75) is 25.4 Å². The van der Waals surface area contributed by atoms with E-state index in [0.29, 0.717) is 6.04 Å². The van der Waals surface area contributed by atoms with Gasteiger partial charge in [-0.15, -0.1) is 0 Å². The molecule has 104 valence electrons. The second kappa shape index (κ2) is 5.86. The zero-order chi connectivity index (χ0) is 13.9. The fourth-order valence-corrected chi connectivity index (χ4v) is 3.03. The monoisotopic (exact) mass is 287 g/mol. The average molecular weight is 288 g/mol. The maximum absolute atomic E-state index is 6.05. The summed E-state index contributed by atoms with van der Waals surface area (Å²) in [6, 6.07) is 14.8. The van der Waals surface area contributed by atoms with Gasteiger partial charge >= 0.3 is 0 Å². The molecule has 2 aromatic rings. The van der Waals surface area contributed by atoms with Crippen LogP contribution >= 0.6 is 11.6 Å². The molecule has 1 aliphatic carbocycles. The van der Waals surface area contributed by atoms with Crippen molar-refractivity contribution >= 4 is 11.6 Å². The van der Waals surface area contributed by atoms with Gasteiger partial charge in [0, 0.05) is 23.2 Å². The Morgan fingerprint density at radius 3 is 2.80 bits per heavy atom. The summed E-state index contributed by atoms with van der Waals surface area (Å²) in [7, 11) is 1.71. The van der Waals surface area contributed by atoms with Crippen LogP contribution in [0.2, 0.25) is 5.02 Å². The summed E-state index contributed by atoms with van der Waals surface area (Å²) in [6.45, 7) is 0.830. The Morgan fingerprint density at radius 2 is 1.95 bits per heavy atom. The second-order valence-corrected chi connectivity index (χ2v) is 5.65. The summed E-state index contributed by atoms with van der Waals surface area (Å²) in [5.74, 6) is 0.943. The topological polar surface area (TPSA) is 21.3 Å². The van der Waals surface area contributed by atoms with E-state index in [1.54, 1.807) is 7.11 Å². The largest absolute Gasteiger partial charge is 0.496 e. The van der Waals surface area contributed by atoms with Gasteiger partial charge in [-0.05, 0) is 42.2 Å². The van der Waals surface area contributed by atoms with E-state index in [0.717, 1.165) is 30.2 Å². The number of para-hydroxylation sites is 1. The molecule has 3 heteroatoms. The van der Waals surface area contributed by atoms with Crippen LogP contribution in [0, 0.1) is 0 Å². The number of hydrogen-bond donors (Lipinski definition) is 1. The van der Waals surface area contributed by atoms with Gasteiger partial charge in [0.25, 0.3) is 0 Å². The number of halogens is 1. The normalized spacial score (nSPS) is 17.0. The lowest BCUT2D eigenvalue weighted by molar-refractivity contribution is 0.405. The summed E-state index contributed by atoms with van der Waals surface area (Å²) < 4.78 is 5.38. The standard InChI is InChI=1S/C17H18ClNO/c1-20-17-5-3-2-4-13(17)11-19-16-9-12-6-7-15(18)8-14(12)10-16/h2-8,16,19H,9-11H2,1H3. The predicted octanol–water partition coefficient (Wildman–Crippen LogP) is 3.61. The van der Waals surface area contributed by atoms with E-state index in [1.807, 2.05) is 24.3 Å². The highest BCUT2D eigenvalue weighted by molar-refractivity contribution is 6.30. The van der Waals surface area contributed by atoms with Crippen molar-refractivity contribution in [3.8, 4) is 5.75 Å². The van der Waals surface area contributed by atoms with Gasteiger partial charge in [-0.2, -0.15) is 0 Å². The van der Waals surface area contributed by atoms with Crippen LogP contribution in [0.1, 0.15) is 16.7 Å². The minimum atomic E-state index is 0.480. The van der Waals surface area contributed by atoms with E-state index in [1.165, 1.54) is 16.7 Å². The third-order valence-corrected chi connectivity index (χ3v) is 4.11. The molecule has 1 unspecified atom stereocenters. The lowest BCUT2D eigenvalue weighted by atomic mass is 10.1. The molecule has 0 spiro atoms. The maximum atomic E-state index is 6.05. The van der Waals surface area contributed by atoms with Gasteiger partial charge in [-0.25, -0.2) is 0 Å². The molecule has 0 heterocycles. The lowest BCUT2D eigenvalue weighted by Crippen LogP contribution is -2.29. The van der Waals surface area contributed by atoms with E-state index in [9.17, 15) is 0 Å². The minimum absolute atomic E-state index is 0.480. The van der Waals surface area contributed by atoms with E-state index < -0.39 is 0 Å². The van der Waals surface area contributed by atoms with Crippen LogP contribution in [0.25, 0.3) is 0 Å². The van der Waals surface area contributed by atoms with Crippen LogP contribution in [0.15, 0.2) is 42.5 Å². The van der Waals surface area contributed by atoms with Crippen molar-refractivity contribution in [1.29, 1.82) is 0 Å². The molecule has 1 aliphatic rings. The Bertz CT molecular complexity index is 612. The van der Waals surface area contributed by atoms with Gasteiger partial charge in [-0.3, -0.25) is 0 Å². The molecule has 2 aromatic carbocycles. The summed E-state index contributed by atoms with van der Waals surface area (Å²) in [4.78, 5) is 0. The summed E-state index contributed by atoms with van der Waals surface area (Å²) in [5.41, 5.74) is 3.98. The molecule has 0 saturated carbocycles. The van der Waals surface area contributed by atoms with Gasteiger partial charge in [0.2, 0.25) is 0 Å². The number of ether oxygens (including phenoxy) is 1. The van der Waals surface area contributed by atoms with Crippen molar-refractivity contribution in [1.82, 2.24) is 5.32 Å². The fraction of sp³-hybridized carbons (Fsp3) is 0.294. The molecule has 3 rings (SSSR count). The number of hydrogen-bond acceptors (Lipinski definition) is 2. The highest BCUT2D eigenvalue weighted by atomic mass is 35.5. The fourth-order valence-electron chi connectivity index (χ4n) is 2.83. The van der Waals surface area contributed by atoms with E-state index in [2.05, 4.69) is 23.5 Å². The first-order valence-electron chi connectivity index (χ1n) is 6.89. The summed E-state index contributed by atoms with van der Waals surface area (Å²) >= 11 is 6.05. The molecule has 0 amide bonds. The molecular formula is C17H18ClNO. The Labute approximate surface area is 124 Å². The molecular weight excluding hydrogens is 270 g/mol. The smallest absolute Gasteiger partial charge is 0.123 e. The molecule has 1 atom stereocenters. The molecule has 0 radical (unpaired) electrons. The Hall–Kier alpha value is -1.51. The van der Waals surface area contributed by atoms with E-state index in [-0.39, 0.29) is 0 Å². The second-order valence-electron chi connectivity index (χ2n) is 5.21. The van der Waals surface area contributed by atoms with Crippen molar-refractivity contribution < 1.29 is 4.74 Å². The zero-order valence-electron chi connectivity index (χ0n) is 11.5. The SMILES string of the molecule is COc1ccccc1CNC1Cc2ccc(Cl)cc2C1. The van der Waals surface area contributed by atoms with Crippen LogP contribution in [0.5, 0.6) is 5.75 Å². The summed E-state index contributed by atoms with van der Waals surface area (Å²) in [6.07, 6.45) is 2.12. The number of benzene rings is 2. The maximum Gasteiger partial charge on any atom is 0.123 e. The van der Waals surface area contributed by atoms with Gasteiger partial charge in [-0.1, -0.05) is 35.9 Å². The zero-order valence-corrected chi connectivity index (χ0v) is 12.3. The van der Waals surface area contributed by atoms with Crippen molar-refractivity contribution in [3.05, 3.63) is 64.2 Å².